The Bertz CT molecular complexity index is 543. The van der Waals surface area contributed by atoms with Crippen LogP contribution in [-0.4, -0.2) is 50.9 Å². The number of unbranched alkanes of at least 4 members (excludes halogenated alkanes) is 1. The van der Waals surface area contributed by atoms with Gasteiger partial charge in [0.15, 0.2) is 5.96 Å². The number of hydrogen-bond acceptors (Lipinski definition) is 5. The molecule has 0 amide bonds. The van der Waals surface area contributed by atoms with E-state index in [1.54, 1.807) is 25.2 Å². The first kappa shape index (κ1) is 24.5. The minimum atomic E-state index is -0.385. The number of nitrogens with zero attached hydrogens (tertiary/aromatic N) is 2. The van der Waals surface area contributed by atoms with Crippen LogP contribution in [0.5, 0.6) is 0 Å². The average Bonchev–Trinajstić information content (AvgIpc) is 2.63. The summed E-state index contributed by atoms with van der Waals surface area (Å²) in [5.74, 6) is 0.570. The molecule has 0 saturated heterocycles. The van der Waals surface area contributed by atoms with Crippen LogP contribution in [0.4, 0.5) is 5.69 Å². The number of benzene rings is 1. The average molecular weight is 480 g/mol. The van der Waals surface area contributed by atoms with Crippen LogP contribution in [0, 0.1) is 10.1 Å². The number of nitro benzene ring substituents is 1. The number of para-hydroxylation sites is 1. The Kier molecular flexibility index (Phi) is 14.9. The highest BCUT2D eigenvalue weighted by molar-refractivity contribution is 14.0. The Balaban J connectivity index is 0.00000625. The zero-order chi connectivity index (χ0) is 18.3. The summed E-state index contributed by atoms with van der Waals surface area (Å²) in [6.45, 7) is 5.51. The second kappa shape index (κ2) is 15.8. The first-order valence-electron chi connectivity index (χ1n) is 8.51. The van der Waals surface area contributed by atoms with Gasteiger partial charge in [0, 0.05) is 38.4 Å². The summed E-state index contributed by atoms with van der Waals surface area (Å²) < 4.78 is 10.9. The molecule has 0 bridgehead atoms. The van der Waals surface area contributed by atoms with E-state index in [4.69, 9.17) is 9.47 Å². The molecule has 1 aromatic carbocycles. The van der Waals surface area contributed by atoms with Gasteiger partial charge in [-0.1, -0.05) is 31.5 Å². The summed E-state index contributed by atoms with van der Waals surface area (Å²) in [6.07, 6.45) is 2.20. The summed E-state index contributed by atoms with van der Waals surface area (Å²) in [6, 6.07) is 6.64. The topological polar surface area (TPSA) is 98.0 Å². The fourth-order valence-corrected chi connectivity index (χ4v) is 2.05. The quantitative estimate of drug-likeness (QED) is 0.119. The summed E-state index contributed by atoms with van der Waals surface area (Å²) in [5.41, 5.74) is 0.702. The zero-order valence-corrected chi connectivity index (χ0v) is 17.7. The van der Waals surface area contributed by atoms with E-state index >= 15 is 0 Å². The van der Waals surface area contributed by atoms with Gasteiger partial charge in [0.1, 0.15) is 0 Å². The maximum absolute atomic E-state index is 11.0. The molecule has 1 aromatic rings. The number of guanidine groups is 1. The molecule has 0 heterocycles. The van der Waals surface area contributed by atoms with Crippen molar-refractivity contribution in [3.63, 3.8) is 0 Å². The number of ether oxygens (including phenoxy) is 2. The molecule has 0 aliphatic carbocycles. The van der Waals surface area contributed by atoms with E-state index in [2.05, 4.69) is 22.5 Å². The van der Waals surface area contributed by atoms with Crippen LogP contribution in [0.15, 0.2) is 29.3 Å². The summed E-state index contributed by atoms with van der Waals surface area (Å²) in [7, 11) is 1.65. The fourth-order valence-electron chi connectivity index (χ4n) is 2.05. The smallest absolute Gasteiger partial charge is 0.274 e. The Hall–Kier alpha value is -1.46. The van der Waals surface area contributed by atoms with Crippen molar-refractivity contribution in [1.29, 1.82) is 0 Å². The van der Waals surface area contributed by atoms with Gasteiger partial charge in [-0.15, -0.1) is 24.0 Å². The second-order valence-electron chi connectivity index (χ2n) is 5.32. The van der Waals surface area contributed by atoms with Crippen LogP contribution < -0.4 is 10.6 Å². The highest BCUT2D eigenvalue weighted by Gasteiger charge is 2.12. The molecule has 26 heavy (non-hydrogen) atoms. The van der Waals surface area contributed by atoms with E-state index in [0.29, 0.717) is 44.4 Å². The molecular formula is C17H29IN4O4. The fraction of sp³-hybridized carbons (Fsp3) is 0.588. The van der Waals surface area contributed by atoms with Crippen molar-refractivity contribution in [3.05, 3.63) is 39.9 Å². The van der Waals surface area contributed by atoms with Crippen molar-refractivity contribution in [2.75, 3.05) is 40.0 Å². The van der Waals surface area contributed by atoms with Crippen molar-refractivity contribution in [2.45, 2.75) is 26.3 Å². The molecule has 2 N–H and O–H groups in total. The highest BCUT2D eigenvalue weighted by Crippen LogP contribution is 2.16. The number of aliphatic imine (C=N–C) groups is 1. The van der Waals surface area contributed by atoms with Crippen LogP contribution in [0.25, 0.3) is 0 Å². The first-order valence-corrected chi connectivity index (χ1v) is 8.51. The van der Waals surface area contributed by atoms with Gasteiger partial charge in [-0.3, -0.25) is 15.1 Å². The van der Waals surface area contributed by atoms with Gasteiger partial charge in [-0.2, -0.15) is 0 Å². The minimum Gasteiger partial charge on any atom is -0.379 e. The third kappa shape index (κ3) is 10.5. The predicted octanol–water partition coefficient (Wildman–Crippen LogP) is 2.71. The van der Waals surface area contributed by atoms with Gasteiger partial charge in [0.25, 0.3) is 5.69 Å². The van der Waals surface area contributed by atoms with Crippen LogP contribution in [-0.2, 0) is 16.0 Å². The van der Waals surface area contributed by atoms with Crippen LogP contribution in [0.1, 0.15) is 25.3 Å². The molecule has 0 atom stereocenters. The molecular weight excluding hydrogens is 451 g/mol. The van der Waals surface area contributed by atoms with E-state index in [1.807, 2.05) is 0 Å². The van der Waals surface area contributed by atoms with Gasteiger partial charge in [0.05, 0.1) is 24.7 Å². The molecule has 0 aliphatic rings. The van der Waals surface area contributed by atoms with E-state index in [-0.39, 0.29) is 34.6 Å². The maximum atomic E-state index is 11.0. The van der Waals surface area contributed by atoms with E-state index < -0.39 is 0 Å². The molecule has 0 unspecified atom stereocenters. The number of nitrogens with one attached hydrogen (secondary N) is 2. The molecule has 0 radical (unpaired) electrons. The summed E-state index contributed by atoms with van der Waals surface area (Å²) in [4.78, 5) is 14.7. The van der Waals surface area contributed by atoms with Crippen molar-refractivity contribution in [2.24, 2.45) is 4.99 Å². The number of hydrogen-bond donors (Lipinski definition) is 2. The van der Waals surface area contributed by atoms with Crippen molar-refractivity contribution < 1.29 is 14.4 Å². The monoisotopic (exact) mass is 480 g/mol. The zero-order valence-electron chi connectivity index (χ0n) is 15.4. The molecule has 0 spiro atoms. The largest absolute Gasteiger partial charge is 0.379 e. The number of rotatable bonds is 12. The molecule has 9 heteroatoms. The number of halogens is 1. The lowest BCUT2D eigenvalue weighted by molar-refractivity contribution is -0.385. The van der Waals surface area contributed by atoms with Crippen molar-refractivity contribution in [3.8, 4) is 0 Å². The maximum Gasteiger partial charge on any atom is 0.274 e. The second-order valence-corrected chi connectivity index (χ2v) is 5.32. The third-order valence-electron chi connectivity index (χ3n) is 3.41. The van der Waals surface area contributed by atoms with Gasteiger partial charge >= 0.3 is 0 Å². The standard InChI is InChI=1S/C17H28N4O4.HI/c1-3-4-10-24-12-13-25-11-9-19-17(18-2)20-14-15-7-5-6-8-16(15)21(22)23;/h5-8H,3-4,9-14H2,1-2H3,(H2,18,19,20);1H. The molecule has 1 rings (SSSR count). The summed E-state index contributed by atoms with van der Waals surface area (Å²) >= 11 is 0. The van der Waals surface area contributed by atoms with Gasteiger partial charge < -0.3 is 20.1 Å². The van der Waals surface area contributed by atoms with Crippen LogP contribution >= 0.6 is 24.0 Å². The number of nitro groups is 1. The van der Waals surface area contributed by atoms with Gasteiger partial charge in [0.2, 0.25) is 0 Å². The third-order valence-corrected chi connectivity index (χ3v) is 3.41. The lowest BCUT2D eigenvalue weighted by atomic mass is 10.2. The lowest BCUT2D eigenvalue weighted by Gasteiger charge is -2.12. The Morgan fingerprint density at radius 2 is 1.85 bits per heavy atom. The van der Waals surface area contributed by atoms with Gasteiger partial charge in [-0.05, 0) is 6.42 Å². The predicted molar refractivity (Wildman–Crippen MR) is 113 cm³/mol. The first-order chi connectivity index (χ1) is 12.2. The Labute approximate surface area is 171 Å². The van der Waals surface area contributed by atoms with Gasteiger partial charge in [-0.25, -0.2) is 0 Å². The van der Waals surface area contributed by atoms with E-state index in [0.717, 1.165) is 19.4 Å². The molecule has 0 saturated carbocycles. The molecule has 0 fully saturated rings. The van der Waals surface area contributed by atoms with E-state index in [1.165, 1.54) is 6.07 Å². The van der Waals surface area contributed by atoms with Crippen LogP contribution in [0.2, 0.25) is 0 Å². The molecule has 148 valence electrons. The van der Waals surface area contributed by atoms with Crippen molar-refractivity contribution in [1.82, 2.24) is 10.6 Å². The molecule has 8 nitrogen and oxygen atoms in total. The Morgan fingerprint density at radius 1 is 1.15 bits per heavy atom. The van der Waals surface area contributed by atoms with E-state index in [9.17, 15) is 10.1 Å². The minimum absolute atomic E-state index is 0. The SMILES string of the molecule is CCCCOCCOCCNC(=NC)NCc1ccccc1[N+](=O)[O-].I. The normalized spacial score (nSPS) is 10.9. The molecule has 0 aromatic heterocycles. The summed E-state index contributed by atoms with van der Waals surface area (Å²) in [5, 5.41) is 17.2. The lowest BCUT2D eigenvalue weighted by Crippen LogP contribution is -2.38. The Morgan fingerprint density at radius 3 is 2.50 bits per heavy atom. The van der Waals surface area contributed by atoms with Crippen molar-refractivity contribution >= 4 is 35.6 Å². The highest BCUT2D eigenvalue weighted by atomic mass is 127. The van der Waals surface area contributed by atoms with Crippen LogP contribution in [0.3, 0.4) is 0 Å². The molecule has 0 aliphatic heterocycles.